The zero-order valence-corrected chi connectivity index (χ0v) is 13.4. The molecule has 3 aromatic rings. The smallest absolute Gasteiger partial charge is 0.246 e. The molecule has 1 fully saturated rings. The number of carbonyl (C=O) groups excluding carboxylic acids is 1. The average molecular weight is 332 g/mol. The van der Waals surface area contributed by atoms with Crippen molar-refractivity contribution in [1.82, 2.24) is 20.0 Å². The van der Waals surface area contributed by atoms with Gasteiger partial charge in [-0.3, -0.25) is 9.78 Å². The number of likely N-dealkylation sites (tertiary alicyclic amines) is 1. The summed E-state index contributed by atoms with van der Waals surface area (Å²) in [6.45, 7) is 1.19. The first-order valence-electron chi connectivity index (χ1n) is 8.05. The molecule has 25 heavy (non-hydrogen) atoms. The van der Waals surface area contributed by atoms with Gasteiger partial charge in [-0.1, -0.05) is 35.5 Å². The van der Waals surface area contributed by atoms with Crippen LogP contribution in [0.15, 0.2) is 65.5 Å². The number of nitrogens with zero attached hydrogens (tertiary/aromatic N) is 4. The molecule has 0 unspecified atom stereocenters. The van der Waals surface area contributed by atoms with E-state index in [1.165, 1.54) is 0 Å². The molecule has 1 amide bonds. The second-order valence-corrected chi connectivity index (χ2v) is 5.88. The Balaban J connectivity index is 1.35. The lowest BCUT2D eigenvalue weighted by Crippen LogP contribution is -2.47. The molecule has 6 nitrogen and oxygen atoms in total. The van der Waals surface area contributed by atoms with Gasteiger partial charge in [0, 0.05) is 37.1 Å². The molecule has 0 spiro atoms. The molecular formula is C19H16N4O2. The van der Waals surface area contributed by atoms with Crippen molar-refractivity contribution >= 4 is 12.0 Å². The fraction of sp³-hybridized carbons (Fsp3) is 0.158. The lowest BCUT2D eigenvalue weighted by atomic mass is 10.00. The highest BCUT2D eigenvalue weighted by molar-refractivity contribution is 5.92. The molecule has 1 aromatic carbocycles. The van der Waals surface area contributed by atoms with Crippen molar-refractivity contribution in [2.75, 3.05) is 13.1 Å². The SMILES string of the molecule is O=C(/C=C/c1ccccc1)N1CC(c2nc(-c3ccncc3)no2)C1. The van der Waals surface area contributed by atoms with Gasteiger partial charge in [0.1, 0.15) is 0 Å². The Bertz CT molecular complexity index is 884. The Morgan fingerprint density at radius 1 is 1.12 bits per heavy atom. The van der Waals surface area contributed by atoms with E-state index in [4.69, 9.17) is 4.52 Å². The zero-order chi connectivity index (χ0) is 17.1. The third kappa shape index (κ3) is 3.33. The molecule has 1 aliphatic rings. The van der Waals surface area contributed by atoms with Crippen molar-refractivity contribution in [3.8, 4) is 11.4 Å². The minimum atomic E-state index is -0.00558. The summed E-state index contributed by atoms with van der Waals surface area (Å²) in [6, 6.07) is 13.4. The quantitative estimate of drug-likeness (QED) is 0.687. The van der Waals surface area contributed by atoms with Gasteiger partial charge in [-0.05, 0) is 23.8 Å². The Morgan fingerprint density at radius 2 is 1.88 bits per heavy atom. The van der Waals surface area contributed by atoms with Crippen LogP contribution in [0.2, 0.25) is 0 Å². The highest BCUT2D eigenvalue weighted by Crippen LogP contribution is 2.27. The van der Waals surface area contributed by atoms with Crippen molar-refractivity contribution < 1.29 is 9.32 Å². The molecule has 3 heterocycles. The van der Waals surface area contributed by atoms with Crippen molar-refractivity contribution in [3.63, 3.8) is 0 Å². The maximum atomic E-state index is 12.2. The minimum absolute atomic E-state index is 0.00558. The summed E-state index contributed by atoms with van der Waals surface area (Å²) in [5, 5.41) is 4.00. The molecule has 0 radical (unpaired) electrons. The Labute approximate surface area is 144 Å². The van der Waals surface area contributed by atoms with Crippen LogP contribution in [-0.2, 0) is 4.79 Å². The van der Waals surface area contributed by atoms with Gasteiger partial charge in [-0.15, -0.1) is 0 Å². The first kappa shape index (κ1) is 15.3. The summed E-state index contributed by atoms with van der Waals surface area (Å²) in [6.07, 6.45) is 6.80. The number of rotatable bonds is 4. The van der Waals surface area contributed by atoms with Gasteiger partial charge in [0.25, 0.3) is 0 Å². The number of pyridine rings is 1. The van der Waals surface area contributed by atoms with Gasteiger partial charge in [0.2, 0.25) is 17.6 Å². The number of amides is 1. The van der Waals surface area contributed by atoms with Crippen molar-refractivity contribution in [2.45, 2.75) is 5.92 Å². The summed E-state index contributed by atoms with van der Waals surface area (Å²) in [7, 11) is 0. The van der Waals surface area contributed by atoms with Gasteiger partial charge in [0.05, 0.1) is 5.92 Å². The number of hydrogen-bond acceptors (Lipinski definition) is 5. The van der Waals surface area contributed by atoms with E-state index in [0.717, 1.165) is 11.1 Å². The van der Waals surface area contributed by atoms with Crippen LogP contribution in [0.3, 0.4) is 0 Å². The number of aromatic nitrogens is 3. The molecule has 6 heteroatoms. The number of benzene rings is 1. The molecule has 4 rings (SSSR count). The lowest BCUT2D eigenvalue weighted by molar-refractivity contribution is -0.130. The molecular weight excluding hydrogens is 316 g/mol. The van der Waals surface area contributed by atoms with Gasteiger partial charge >= 0.3 is 0 Å². The van der Waals surface area contributed by atoms with Crippen LogP contribution in [0.25, 0.3) is 17.5 Å². The summed E-state index contributed by atoms with van der Waals surface area (Å²) in [4.78, 5) is 22.3. The van der Waals surface area contributed by atoms with E-state index in [2.05, 4.69) is 15.1 Å². The van der Waals surface area contributed by atoms with E-state index in [-0.39, 0.29) is 11.8 Å². The predicted molar refractivity (Wildman–Crippen MR) is 92.3 cm³/mol. The first-order chi connectivity index (χ1) is 12.3. The summed E-state index contributed by atoms with van der Waals surface area (Å²) < 4.78 is 5.34. The van der Waals surface area contributed by atoms with Crippen LogP contribution in [0.5, 0.6) is 0 Å². The van der Waals surface area contributed by atoms with E-state index in [1.807, 2.05) is 48.5 Å². The maximum absolute atomic E-state index is 12.2. The van der Waals surface area contributed by atoms with Crippen LogP contribution in [0.1, 0.15) is 17.4 Å². The van der Waals surface area contributed by atoms with Crippen molar-refractivity contribution in [3.05, 3.63) is 72.4 Å². The largest absolute Gasteiger partial charge is 0.339 e. The second kappa shape index (κ2) is 6.68. The molecule has 124 valence electrons. The number of carbonyl (C=O) groups is 1. The van der Waals surface area contributed by atoms with E-state index >= 15 is 0 Å². The number of hydrogen-bond donors (Lipinski definition) is 0. The van der Waals surface area contributed by atoms with Crippen LogP contribution in [0, 0.1) is 0 Å². The van der Waals surface area contributed by atoms with Gasteiger partial charge < -0.3 is 9.42 Å². The fourth-order valence-electron chi connectivity index (χ4n) is 2.67. The molecule has 0 bridgehead atoms. The summed E-state index contributed by atoms with van der Waals surface area (Å²) in [5.41, 5.74) is 1.87. The third-order valence-electron chi connectivity index (χ3n) is 4.14. The molecule has 1 saturated heterocycles. The molecule has 0 aliphatic carbocycles. The van der Waals surface area contributed by atoms with Crippen molar-refractivity contribution in [1.29, 1.82) is 0 Å². The highest BCUT2D eigenvalue weighted by atomic mass is 16.5. The van der Waals surface area contributed by atoms with Gasteiger partial charge in [0.15, 0.2) is 0 Å². The molecule has 1 aliphatic heterocycles. The average Bonchev–Trinajstić information content (AvgIpc) is 3.10. The third-order valence-corrected chi connectivity index (χ3v) is 4.14. The molecule has 0 N–H and O–H groups in total. The fourth-order valence-corrected chi connectivity index (χ4v) is 2.67. The Kier molecular flexibility index (Phi) is 4.08. The van der Waals surface area contributed by atoms with Gasteiger partial charge in [-0.25, -0.2) is 0 Å². The van der Waals surface area contributed by atoms with Crippen LogP contribution < -0.4 is 0 Å². The first-order valence-corrected chi connectivity index (χ1v) is 8.05. The monoisotopic (exact) mass is 332 g/mol. The standard InChI is InChI=1S/C19H16N4O2/c24-17(7-6-14-4-2-1-3-5-14)23-12-16(13-23)19-21-18(22-25-19)15-8-10-20-11-9-15/h1-11,16H,12-13H2/b7-6+. The van der Waals surface area contributed by atoms with Crippen LogP contribution >= 0.6 is 0 Å². The normalized spacial score (nSPS) is 14.6. The van der Waals surface area contributed by atoms with Crippen LogP contribution in [-0.4, -0.2) is 39.0 Å². The second-order valence-electron chi connectivity index (χ2n) is 5.88. The lowest BCUT2D eigenvalue weighted by Gasteiger charge is -2.36. The predicted octanol–water partition coefficient (Wildman–Crippen LogP) is 2.77. The van der Waals surface area contributed by atoms with Gasteiger partial charge in [-0.2, -0.15) is 4.98 Å². The van der Waals surface area contributed by atoms with Crippen molar-refractivity contribution in [2.24, 2.45) is 0 Å². The maximum Gasteiger partial charge on any atom is 0.246 e. The molecule has 0 saturated carbocycles. The zero-order valence-electron chi connectivity index (χ0n) is 13.4. The highest BCUT2D eigenvalue weighted by Gasteiger charge is 2.34. The topological polar surface area (TPSA) is 72.1 Å². The summed E-state index contributed by atoms with van der Waals surface area (Å²) in [5.74, 6) is 1.21. The van der Waals surface area contributed by atoms with E-state index in [0.29, 0.717) is 24.8 Å². The molecule has 2 aromatic heterocycles. The van der Waals surface area contributed by atoms with E-state index in [9.17, 15) is 4.79 Å². The Hall–Kier alpha value is -3.28. The van der Waals surface area contributed by atoms with E-state index < -0.39 is 0 Å². The minimum Gasteiger partial charge on any atom is -0.339 e. The van der Waals surface area contributed by atoms with Crippen LogP contribution in [0.4, 0.5) is 0 Å². The molecule has 0 atom stereocenters. The summed E-state index contributed by atoms with van der Waals surface area (Å²) >= 11 is 0. The van der Waals surface area contributed by atoms with E-state index in [1.54, 1.807) is 23.4 Å². The Morgan fingerprint density at radius 3 is 2.64 bits per heavy atom.